The van der Waals surface area contributed by atoms with E-state index in [9.17, 15) is 14.4 Å². The van der Waals surface area contributed by atoms with Crippen LogP contribution in [0.4, 0.5) is 15.3 Å². The average Bonchev–Trinajstić information content (AvgIpc) is 3.61. The Balaban J connectivity index is 0.964. The molecule has 1 unspecified atom stereocenters. The van der Waals surface area contributed by atoms with Crippen LogP contribution in [0.3, 0.4) is 0 Å². The van der Waals surface area contributed by atoms with Crippen LogP contribution in [-0.4, -0.2) is 109 Å². The molecule has 3 N–H and O–H groups in total. The van der Waals surface area contributed by atoms with Crippen molar-refractivity contribution in [2.24, 2.45) is 5.73 Å². The fraction of sp³-hybridized carbons (Fsp3) is 0.531. The highest BCUT2D eigenvalue weighted by Crippen LogP contribution is 2.28. The number of nitrogens with one attached hydrogen (secondary N) is 1. The predicted octanol–water partition coefficient (Wildman–Crippen LogP) is 3.83. The molecule has 0 spiro atoms. The number of hydrogen-bond acceptors (Lipinski definition) is 6. The van der Waals surface area contributed by atoms with Gasteiger partial charge in [-0.2, -0.15) is 0 Å². The summed E-state index contributed by atoms with van der Waals surface area (Å²) in [6.07, 6.45) is 4.73. The molecule has 1 atom stereocenters. The molecule has 3 fully saturated rings. The molecule has 0 aromatic heterocycles. The highest BCUT2D eigenvalue weighted by atomic mass is 16.6. The minimum Gasteiger partial charge on any atom is -0.446 e. The Kier molecular flexibility index (Phi) is 10.3. The van der Waals surface area contributed by atoms with Crippen LogP contribution in [-0.2, 0) is 9.53 Å². The summed E-state index contributed by atoms with van der Waals surface area (Å²) in [6, 6.07) is 17.7. The number of amides is 4. The summed E-state index contributed by atoms with van der Waals surface area (Å²) in [5.74, 6) is -0.237. The number of anilines is 1. The molecule has 3 aliphatic heterocycles. The third-order valence-corrected chi connectivity index (χ3v) is 8.71. The van der Waals surface area contributed by atoms with Gasteiger partial charge in [0.1, 0.15) is 6.10 Å². The molecule has 0 aliphatic carbocycles. The van der Waals surface area contributed by atoms with Gasteiger partial charge in [0.2, 0.25) is 5.91 Å². The van der Waals surface area contributed by atoms with E-state index in [-0.39, 0.29) is 24.1 Å². The molecule has 42 heavy (non-hydrogen) atoms. The van der Waals surface area contributed by atoms with Gasteiger partial charge in [0.15, 0.2) is 0 Å². The lowest BCUT2D eigenvalue weighted by Gasteiger charge is -2.32. The van der Waals surface area contributed by atoms with Crippen LogP contribution < -0.4 is 11.1 Å². The van der Waals surface area contributed by atoms with Crippen molar-refractivity contribution in [1.82, 2.24) is 19.6 Å². The quantitative estimate of drug-likeness (QED) is 0.397. The second kappa shape index (κ2) is 14.5. The second-order valence-corrected chi connectivity index (χ2v) is 11.5. The standard InChI is InChI=1S/C32H44N6O4/c33-30(39)29-13-6-17-36(29)18-8-20-38-24-23-37(32(38)41)19-7-16-35-21-14-26(15-22-35)42-31(40)34-28-12-5-4-11-27(28)25-9-2-1-3-10-25/h1-5,9-12,26,29H,6-8,13-24H2,(H2,33,39)(H,34,40). The van der Waals surface area contributed by atoms with Crippen LogP contribution in [0.2, 0.25) is 0 Å². The first-order valence-corrected chi connectivity index (χ1v) is 15.4. The Hall–Kier alpha value is -3.63. The van der Waals surface area contributed by atoms with E-state index >= 15 is 0 Å². The van der Waals surface area contributed by atoms with E-state index in [1.165, 1.54) is 0 Å². The Labute approximate surface area is 248 Å². The minimum absolute atomic E-state index is 0.0994. The number of primary amides is 1. The Morgan fingerprint density at radius 2 is 1.48 bits per heavy atom. The zero-order valence-corrected chi connectivity index (χ0v) is 24.5. The second-order valence-electron chi connectivity index (χ2n) is 11.5. The van der Waals surface area contributed by atoms with Crippen LogP contribution in [0.1, 0.15) is 38.5 Å². The van der Waals surface area contributed by atoms with Crippen molar-refractivity contribution in [3.05, 3.63) is 54.6 Å². The van der Waals surface area contributed by atoms with Crippen molar-refractivity contribution in [3.8, 4) is 11.1 Å². The lowest BCUT2D eigenvalue weighted by Crippen LogP contribution is -2.42. The van der Waals surface area contributed by atoms with Gasteiger partial charge in [-0.05, 0) is 63.2 Å². The number of carbonyl (C=O) groups excluding carboxylic acids is 3. The van der Waals surface area contributed by atoms with Crippen molar-refractivity contribution in [1.29, 1.82) is 0 Å². The van der Waals surface area contributed by atoms with Gasteiger partial charge in [-0.15, -0.1) is 0 Å². The van der Waals surface area contributed by atoms with Crippen molar-refractivity contribution in [2.45, 2.75) is 50.7 Å². The van der Waals surface area contributed by atoms with Gasteiger partial charge in [-0.25, -0.2) is 9.59 Å². The topological polar surface area (TPSA) is 111 Å². The summed E-state index contributed by atoms with van der Waals surface area (Å²) < 4.78 is 5.77. The van der Waals surface area contributed by atoms with E-state index < -0.39 is 6.09 Å². The molecule has 0 radical (unpaired) electrons. The van der Waals surface area contributed by atoms with E-state index in [4.69, 9.17) is 10.5 Å². The lowest BCUT2D eigenvalue weighted by molar-refractivity contribution is -0.122. The maximum absolute atomic E-state index is 12.9. The number of piperidine rings is 1. The normalized spacial score (nSPS) is 20.3. The largest absolute Gasteiger partial charge is 0.446 e. The number of nitrogens with two attached hydrogens (primary N) is 1. The third-order valence-electron chi connectivity index (χ3n) is 8.71. The Morgan fingerprint density at radius 3 is 2.19 bits per heavy atom. The van der Waals surface area contributed by atoms with Crippen molar-refractivity contribution < 1.29 is 19.1 Å². The Morgan fingerprint density at radius 1 is 0.810 bits per heavy atom. The van der Waals surface area contributed by atoms with E-state index in [0.29, 0.717) is 0 Å². The number of carbonyl (C=O) groups is 3. The molecular formula is C32H44N6O4. The number of benzene rings is 2. The molecule has 3 heterocycles. The molecule has 0 bridgehead atoms. The summed E-state index contributed by atoms with van der Waals surface area (Å²) in [5, 5.41) is 2.94. The highest BCUT2D eigenvalue weighted by Gasteiger charge is 2.31. The first-order valence-electron chi connectivity index (χ1n) is 15.4. The van der Waals surface area contributed by atoms with Crippen LogP contribution in [0.25, 0.3) is 11.1 Å². The van der Waals surface area contributed by atoms with Crippen LogP contribution in [0.15, 0.2) is 54.6 Å². The highest BCUT2D eigenvalue weighted by molar-refractivity contribution is 5.91. The van der Waals surface area contributed by atoms with Crippen molar-refractivity contribution >= 4 is 23.7 Å². The molecule has 5 rings (SSSR count). The lowest BCUT2D eigenvalue weighted by atomic mass is 10.0. The van der Waals surface area contributed by atoms with Gasteiger partial charge >= 0.3 is 12.1 Å². The number of likely N-dealkylation sites (tertiary alicyclic amines) is 2. The number of urea groups is 1. The van der Waals surface area contributed by atoms with Gasteiger partial charge in [0, 0.05) is 51.4 Å². The smallest absolute Gasteiger partial charge is 0.411 e. The molecule has 10 heteroatoms. The molecule has 3 aliphatic rings. The molecule has 0 saturated carbocycles. The molecule has 2 aromatic carbocycles. The van der Waals surface area contributed by atoms with Crippen LogP contribution in [0.5, 0.6) is 0 Å². The zero-order valence-electron chi connectivity index (χ0n) is 24.5. The number of hydrogen-bond donors (Lipinski definition) is 2. The molecule has 3 saturated heterocycles. The summed E-state index contributed by atoms with van der Waals surface area (Å²) >= 11 is 0. The summed E-state index contributed by atoms with van der Waals surface area (Å²) in [7, 11) is 0. The zero-order chi connectivity index (χ0) is 29.3. The van der Waals surface area contributed by atoms with E-state index in [1.807, 2.05) is 64.4 Å². The van der Waals surface area contributed by atoms with Gasteiger partial charge < -0.3 is 25.2 Å². The van der Waals surface area contributed by atoms with E-state index in [0.717, 1.165) is 114 Å². The van der Waals surface area contributed by atoms with E-state index in [2.05, 4.69) is 15.1 Å². The third kappa shape index (κ3) is 7.80. The summed E-state index contributed by atoms with van der Waals surface area (Å²) in [4.78, 5) is 45.6. The van der Waals surface area contributed by atoms with Crippen molar-refractivity contribution in [2.75, 3.05) is 64.2 Å². The minimum atomic E-state index is -0.415. The number of ether oxygens (including phenoxy) is 1. The van der Waals surface area contributed by atoms with Crippen LogP contribution in [0, 0.1) is 0 Å². The monoisotopic (exact) mass is 576 g/mol. The molecular weight excluding hydrogens is 532 g/mol. The summed E-state index contributed by atoms with van der Waals surface area (Å²) in [6.45, 7) is 7.40. The molecule has 226 valence electrons. The fourth-order valence-electron chi connectivity index (χ4n) is 6.42. The average molecular weight is 577 g/mol. The van der Waals surface area contributed by atoms with Gasteiger partial charge in [-0.1, -0.05) is 48.5 Å². The van der Waals surface area contributed by atoms with E-state index in [1.54, 1.807) is 0 Å². The van der Waals surface area contributed by atoms with Gasteiger partial charge in [0.25, 0.3) is 0 Å². The van der Waals surface area contributed by atoms with Gasteiger partial charge in [-0.3, -0.25) is 15.0 Å². The predicted molar refractivity (Wildman–Crippen MR) is 163 cm³/mol. The Bertz CT molecular complexity index is 1200. The molecule has 10 nitrogen and oxygen atoms in total. The summed E-state index contributed by atoms with van der Waals surface area (Å²) in [5.41, 5.74) is 8.27. The number of rotatable bonds is 12. The molecule has 4 amide bonds. The first-order chi connectivity index (χ1) is 20.5. The fourth-order valence-corrected chi connectivity index (χ4v) is 6.42. The number of para-hydroxylation sites is 1. The molecule has 2 aromatic rings. The number of nitrogens with zero attached hydrogens (tertiary/aromatic N) is 4. The van der Waals surface area contributed by atoms with Crippen LogP contribution >= 0.6 is 0 Å². The SMILES string of the molecule is NC(=O)C1CCCN1CCCN1CCN(CCCN2CCC(OC(=O)Nc3ccccc3-c3ccccc3)CC2)C1=O. The van der Waals surface area contributed by atoms with Crippen molar-refractivity contribution in [3.63, 3.8) is 0 Å². The first kappa shape index (κ1) is 29.8. The maximum Gasteiger partial charge on any atom is 0.411 e. The van der Waals surface area contributed by atoms with Gasteiger partial charge in [0.05, 0.1) is 11.7 Å². The maximum atomic E-state index is 12.9.